The van der Waals surface area contributed by atoms with Crippen LogP contribution in [0.4, 0.5) is 4.79 Å². The van der Waals surface area contributed by atoms with Crippen molar-refractivity contribution in [1.29, 1.82) is 0 Å². The van der Waals surface area contributed by atoms with Crippen LogP contribution in [-0.4, -0.2) is 91.1 Å². The fourth-order valence-corrected chi connectivity index (χ4v) is 2.02. The third-order valence-electron chi connectivity index (χ3n) is 3.28. The number of piperazine rings is 1. The number of nitrogens with one attached hydrogen (secondary N) is 1. The third kappa shape index (κ3) is 5.04. The highest BCUT2D eigenvalue weighted by molar-refractivity contribution is 5.78. The van der Waals surface area contributed by atoms with E-state index in [0.717, 1.165) is 0 Å². The minimum atomic E-state index is -0.854. The molecule has 2 N–H and O–H groups in total. The van der Waals surface area contributed by atoms with Crippen LogP contribution in [0.3, 0.4) is 0 Å². The molecule has 0 radical (unpaired) electrons. The summed E-state index contributed by atoms with van der Waals surface area (Å²) in [7, 11) is 3.22. The molecule has 1 aliphatic rings. The van der Waals surface area contributed by atoms with Crippen molar-refractivity contribution in [2.24, 2.45) is 0 Å². The Balaban J connectivity index is 2.34. The van der Waals surface area contributed by atoms with Gasteiger partial charge in [0.2, 0.25) is 5.91 Å². The number of rotatable bonds is 5. The van der Waals surface area contributed by atoms with Gasteiger partial charge in [0.05, 0.1) is 6.54 Å². The normalized spacial score (nSPS) is 15.8. The average Bonchev–Trinajstić information content (AvgIpc) is 2.43. The van der Waals surface area contributed by atoms with Crippen LogP contribution in [-0.2, 0) is 9.59 Å². The molecule has 20 heavy (non-hydrogen) atoms. The number of aliphatic carboxylic acids is 1. The lowest BCUT2D eigenvalue weighted by Gasteiger charge is -2.35. The second-order valence-corrected chi connectivity index (χ2v) is 4.78. The number of nitrogens with zero attached hydrogens (tertiary/aromatic N) is 3. The molecule has 114 valence electrons. The summed E-state index contributed by atoms with van der Waals surface area (Å²) in [5.74, 6) is -0.955. The average molecular weight is 286 g/mol. The van der Waals surface area contributed by atoms with Gasteiger partial charge in [-0.2, -0.15) is 0 Å². The van der Waals surface area contributed by atoms with E-state index in [1.54, 1.807) is 23.9 Å². The van der Waals surface area contributed by atoms with Gasteiger partial charge in [0.25, 0.3) is 0 Å². The van der Waals surface area contributed by atoms with Gasteiger partial charge >= 0.3 is 12.0 Å². The van der Waals surface area contributed by atoms with E-state index in [0.29, 0.717) is 32.7 Å². The van der Waals surface area contributed by atoms with Gasteiger partial charge in [0.1, 0.15) is 0 Å². The molecule has 0 aromatic carbocycles. The van der Waals surface area contributed by atoms with Crippen molar-refractivity contribution < 1.29 is 19.5 Å². The Morgan fingerprint density at radius 2 is 1.80 bits per heavy atom. The lowest BCUT2D eigenvalue weighted by molar-refractivity contribution is -0.138. The predicted octanol–water partition coefficient (Wildman–Crippen LogP) is -1.12. The van der Waals surface area contributed by atoms with Crippen molar-refractivity contribution in [2.45, 2.75) is 6.42 Å². The second kappa shape index (κ2) is 7.68. The number of carboxylic acid groups (broad SMARTS) is 1. The van der Waals surface area contributed by atoms with Crippen LogP contribution >= 0.6 is 0 Å². The van der Waals surface area contributed by atoms with Gasteiger partial charge in [0.15, 0.2) is 0 Å². The van der Waals surface area contributed by atoms with Crippen LogP contribution in [0.15, 0.2) is 0 Å². The molecule has 1 rings (SSSR count). The van der Waals surface area contributed by atoms with Crippen molar-refractivity contribution in [3.8, 4) is 0 Å². The summed E-state index contributed by atoms with van der Waals surface area (Å²) in [6.45, 7) is 2.51. The number of carbonyl (C=O) groups excluding carboxylic acids is 2. The Kier molecular flexibility index (Phi) is 6.23. The van der Waals surface area contributed by atoms with Gasteiger partial charge in [-0.05, 0) is 0 Å². The molecule has 0 aliphatic carbocycles. The van der Waals surface area contributed by atoms with Crippen molar-refractivity contribution in [1.82, 2.24) is 20.0 Å². The van der Waals surface area contributed by atoms with E-state index in [9.17, 15) is 14.4 Å². The highest BCUT2D eigenvalue weighted by Crippen LogP contribution is 2.05. The van der Waals surface area contributed by atoms with Crippen LogP contribution in [0.25, 0.3) is 0 Å². The van der Waals surface area contributed by atoms with Crippen LogP contribution in [0.2, 0.25) is 0 Å². The van der Waals surface area contributed by atoms with E-state index in [2.05, 4.69) is 5.32 Å². The van der Waals surface area contributed by atoms with Crippen molar-refractivity contribution in [3.05, 3.63) is 0 Å². The zero-order valence-electron chi connectivity index (χ0n) is 12.0. The van der Waals surface area contributed by atoms with Gasteiger partial charge in [-0.25, -0.2) is 4.79 Å². The van der Waals surface area contributed by atoms with Crippen LogP contribution in [0, 0.1) is 0 Å². The van der Waals surface area contributed by atoms with Gasteiger partial charge in [-0.15, -0.1) is 0 Å². The van der Waals surface area contributed by atoms with Gasteiger partial charge in [-0.3, -0.25) is 14.5 Å². The van der Waals surface area contributed by atoms with Crippen LogP contribution in [0.1, 0.15) is 6.42 Å². The Bertz CT molecular complexity index is 366. The first-order chi connectivity index (χ1) is 9.43. The van der Waals surface area contributed by atoms with E-state index >= 15 is 0 Å². The fourth-order valence-electron chi connectivity index (χ4n) is 2.02. The molecule has 0 spiro atoms. The van der Waals surface area contributed by atoms with E-state index in [4.69, 9.17) is 5.11 Å². The molecule has 0 unspecified atom stereocenters. The molecule has 0 atom stereocenters. The maximum absolute atomic E-state index is 12.1. The van der Waals surface area contributed by atoms with E-state index < -0.39 is 5.97 Å². The molecule has 0 aromatic rings. The van der Waals surface area contributed by atoms with Crippen molar-refractivity contribution in [2.75, 3.05) is 53.4 Å². The summed E-state index contributed by atoms with van der Waals surface area (Å²) in [5, 5.41) is 11.2. The quantitative estimate of drug-likeness (QED) is 0.667. The predicted molar refractivity (Wildman–Crippen MR) is 72.4 cm³/mol. The number of carboxylic acids is 1. The highest BCUT2D eigenvalue weighted by atomic mass is 16.4. The minimum Gasteiger partial charge on any atom is -0.480 e. The lowest BCUT2D eigenvalue weighted by Crippen LogP contribution is -2.53. The fraction of sp³-hybridized carbons (Fsp3) is 0.750. The summed E-state index contributed by atoms with van der Waals surface area (Å²) >= 11 is 0. The second-order valence-electron chi connectivity index (χ2n) is 4.78. The van der Waals surface area contributed by atoms with Crippen molar-refractivity contribution in [3.63, 3.8) is 0 Å². The smallest absolute Gasteiger partial charge is 0.319 e. The molecule has 1 fully saturated rings. The third-order valence-corrected chi connectivity index (χ3v) is 3.28. The Morgan fingerprint density at radius 3 is 2.30 bits per heavy atom. The molecular weight excluding hydrogens is 264 g/mol. The van der Waals surface area contributed by atoms with Crippen molar-refractivity contribution >= 4 is 17.9 Å². The Morgan fingerprint density at radius 1 is 1.20 bits per heavy atom. The monoisotopic (exact) mass is 286 g/mol. The van der Waals surface area contributed by atoms with E-state index in [1.165, 1.54) is 4.90 Å². The maximum atomic E-state index is 12.1. The van der Waals surface area contributed by atoms with E-state index in [1.807, 2.05) is 0 Å². The Hall–Kier alpha value is -1.83. The van der Waals surface area contributed by atoms with Gasteiger partial charge in [0, 0.05) is 53.2 Å². The SMILES string of the molecule is CNC(=O)CCN(C)C(=O)N1CCN(CC(=O)O)CC1. The molecule has 0 aromatic heterocycles. The summed E-state index contributed by atoms with van der Waals surface area (Å²) in [4.78, 5) is 38.9. The molecule has 0 bridgehead atoms. The maximum Gasteiger partial charge on any atom is 0.319 e. The number of carbonyl (C=O) groups is 3. The zero-order valence-corrected chi connectivity index (χ0v) is 12.0. The number of hydrogen-bond acceptors (Lipinski definition) is 4. The highest BCUT2D eigenvalue weighted by Gasteiger charge is 2.24. The summed E-state index contributed by atoms with van der Waals surface area (Å²) in [6, 6.07) is -0.121. The first-order valence-corrected chi connectivity index (χ1v) is 6.58. The molecule has 1 saturated heterocycles. The van der Waals surface area contributed by atoms with Gasteiger partial charge in [-0.1, -0.05) is 0 Å². The molecule has 1 aliphatic heterocycles. The van der Waals surface area contributed by atoms with Crippen LogP contribution < -0.4 is 5.32 Å². The molecule has 8 heteroatoms. The molecule has 3 amide bonds. The summed E-state index contributed by atoms with van der Waals surface area (Å²) < 4.78 is 0. The topological polar surface area (TPSA) is 93.2 Å². The molecule has 1 heterocycles. The molecular formula is C12H22N4O4. The zero-order chi connectivity index (χ0) is 15.1. The number of amides is 3. The Labute approximate surface area is 118 Å². The lowest BCUT2D eigenvalue weighted by atomic mass is 10.3. The van der Waals surface area contributed by atoms with Gasteiger partial charge < -0.3 is 20.2 Å². The molecule has 0 saturated carbocycles. The number of urea groups is 1. The van der Waals surface area contributed by atoms with E-state index in [-0.39, 0.29) is 24.9 Å². The molecule has 8 nitrogen and oxygen atoms in total. The standard InChI is InChI=1S/C12H22N4O4/c1-13-10(17)3-4-14(2)12(20)16-7-5-15(6-8-16)9-11(18)19/h3-9H2,1-2H3,(H,13,17)(H,18,19). The first-order valence-electron chi connectivity index (χ1n) is 6.58. The minimum absolute atomic E-state index is 0.00847. The largest absolute Gasteiger partial charge is 0.480 e. The number of hydrogen-bond donors (Lipinski definition) is 2. The first kappa shape index (κ1) is 16.2. The van der Waals surface area contributed by atoms with Crippen LogP contribution in [0.5, 0.6) is 0 Å². The summed E-state index contributed by atoms with van der Waals surface area (Å²) in [6.07, 6.45) is 0.276. The summed E-state index contributed by atoms with van der Waals surface area (Å²) in [5.41, 5.74) is 0.